The van der Waals surface area contributed by atoms with Crippen LogP contribution >= 0.6 is 0 Å². The highest BCUT2D eigenvalue weighted by Gasteiger charge is 2.42. The number of para-hydroxylation sites is 1. The van der Waals surface area contributed by atoms with Gasteiger partial charge in [0.25, 0.3) is 11.8 Å². The van der Waals surface area contributed by atoms with Crippen molar-refractivity contribution >= 4 is 28.8 Å². The van der Waals surface area contributed by atoms with Crippen molar-refractivity contribution in [2.24, 2.45) is 0 Å². The molecule has 1 aliphatic heterocycles. The first-order valence-electron chi connectivity index (χ1n) is 11.2. The van der Waals surface area contributed by atoms with Crippen LogP contribution in [0.2, 0.25) is 0 Å². The fraction of sp³-hybridized carbons (Fsp3) is 0.241. The van der Waals surface area contributed by atoms with E-state index in [9.17, 15) is 9.59 Å². The van der Waals surface area contributed by atoms with E-state index < -0.39 is 0 Å². The van der Waals surface area contributed by atoms with Crippen molar-refractivity contribution in [1.82, 2.24) is 0 Å². The van der Waals surface area contributed by atoms with E-state index in [0.717, 1.165) is 27.9 Å². The Bertz CT molecular complexity index is 1250. The molecule has 4 heteroatoms. The van der Waals surface area contributed by atoms with E-state index in [1.807, 2.05) is 98.6 Å². The summed E-state index contributed by atoms with van der Waals surface area (Å²) in [5.74, 6) is -0.618. The van der Waals surface area contributed by atoms with Crippen LogP contribution in [0.3, 0.4) is 0 Å². The minimum atomic E-state index is -0.317. The number of imide groups is 1. The van der Waals surface area contributed by atoms with Crippen LogP contribution in [0.25, 0.3) is 5.57 Å². The van der Waals surface area contributed by atoms with Gasteiger partial charge in [-0.05, 0) is 65.8 Å². The summed E-state index contributed by atoms with van der Waals surface area (Å²) in [5.41, 5.74) is 6.34. The average molecular weight is 439 g/mol. The number of nitrogens with zero attached hydrogens (tertiary/aromatic N) is 2. The standard InChI is InChI=1S/C29H30N2O2/c1-19-12-13-21(18-20(19)2)25-26(30(6)23-10-8-7-9-11-23)28(33)31(27(25)32)24-16-14-22(15-17-24)29(3,4)5/h7-18H,1-6H3. The monoisotopic (exact) mass is 438 g/mol. The molecule has 0 aliphatic carbocycles. The molecular formula is C29H30N2O2. The fourth-order valence-electron chi connectivity index (χ4n) is 4.11. The first-order chi connectivity index (χ1) is 15.6. The molecule has 1 aliphatic rings. The zero-order valence-electron chi connectivity index (χ0n) is 20.1. The topological polar surface area (TPSA) is 40.6 Å². The van der Waals surface area contributed by atoms with Crippen molar-refractivity contribution < 1.29 is 9.59 Å². The maximum Gasteiger partial charge on any atom is 0.282 e. The zero-order valence-corrected chi connectivity index (χ0v) is 20.1. The number of anilines is 2. The van der Waals surface area contributed by atoms with Crippen LogP contribution < -0.4 is 9.80 Å². The highest BCUT2D eigenvalue weighted by molar-refractivity contribution is 6.46. The van der Waals surface area contributed by atoms with Gasteiger partial charge in [-0.1, -0.05) is 69.3 Å². The Morgan fingerprint density at radius 3 is 1.97 bits per heavy atom. The summed E-state index contributed by atoms with van der Waals surface area (Å²) in [4.78, 5) is 30.6. The van der Waals surface area contributed by atoms with Gasteiger partial charge in [0.05, 0.1) is 11.3 Å². The van der Waals surface area contributed by atoms with Crippen LogP contribution in [0, 0.1) is 13.8 Å². The Morgan fingerprint density at radius 1 is 0.758 bits per heavy atom. The van der Waals surface area contributed by atoms with E-state index in [4.69, 9.17) is 0 Å². The van der Waals surface area contributed by atoms with Gasteiger partial charge in [-0.2, -0.15) is 0 Å². The highest BCUT2D eigenvalue weighted by atomic mass is 16.2. The molecule has 0 unspecified atom stereocenters. The van der Waals surface area contributed by atoms with Gasteiger partial charge in [-0.15, -0.1) is 0 Å². The maximum absolute atomic E-state index is 13.8. The minimum absolute atomic E-state index is 0.0148. The molecule has 4 rings (SSSR count). The van der Waals surface area contributed by atoms with Gasteiger partial charge in [0.15, 0.2) is 0 Å². The second kappa shape index (κ2) is 8.36. The maximum atomic E-state index is 13.8. The molecule has 0 atom stereocenters. The van der Waals surface area contributed by atoms with Crippen molar-refractivity contribution in [3.05, 3.63) is 101 Å². The predicted molar refractivity (Wildman–Crippen MR) is 135 cm³/mol. The quantitative estimate of drug-likeness (QED) is 0.468. The minimum Gasteiger partial charge on any atom is -0.339 e. The second-order valence-corrected chi connectivity index (χ2v) is 9.66. The molecule has 2 amide bonds. The number of carbonyl (C=O) groups excluding carboxylic acids is 2. The lowest BCUT2D eigenvalue weighted by molar-refractivity contribution is -0.120. The van der Waals surface area contributed by atoms with Crippen molar-refractivity contribution in [3.8, 4) is 0 Å². The number of hydrogen-bond acceptors (Lipinski definition) is 3. The van der Waals surface area contributed by atoms with Gasteiger partial charge in [0, 0.05) is 12.7 Å². The molecule has 3 aromatic rings. The van der Waals surface area contributed by atoms with Crippen molar-refractivity contribution in [2.75, 3.05) is 16.8 Å². The molecule has 33 heavy (non-hydrogen) atoms. The van der Waals surface area contributed by atoms with Crippen molar-refractivity contribution in [1.29, 1.82) is 0 Å². The van der Waals surface area contributed by atoms with Crippen LogP contribution in [0.15, 0.2) is 78.5 Å². The van der Waals surface area contributed by atoms with Crippen molar-refractivity contribution in [3.63, 3.8) is 0 Å². The molecule has 0 aromatic heterocycles. The third-order valence-corrected chi connectivity index (χ3v) is 6.33. The van der Waals surface area contributed by atoms with E-state index in [2.05, 4.69) is 20.8 Å². The molecule has 0 radical (unpaired) electrons. The highest BCUT2D eigenvalue weighted by Crippen LogP contribution is 2.37. The molecule has 0 bridgehead atoms. The molecular weight excluding hydrogens is 408 g/mol. The van der Waals surface area contributed by atoms with E-state index in [1.54, 1.807) is 0 Å². The Kier molecular flexibility index (Phi) is 5.71. The van der Waals surface area contributed by atoms with Crippen LogP contribution in [-0.4, -0.2) is 18.9 Å². The van der Waals surface area contributed by atoms with Crippen LogP contribution in [0.5, 0.6) is 0 Å². The average Bonchev–Trinajstić information content (AvgIpc) is 3.05. The lowest BCUT2D eigenvalue weighted by Gasteiger charge is -2.23. The molecule has 3 aromatic carbocycles. The van der Waals surface area contributed by atoms with E-state index >= 15 is 0 Å². The summed E-state index contributed by atoms with van der Waals surface area (Å²) in [7, 11) is 1.84. The van der Waals surface area contributed by atoms with Gasteiger partial charge in [-0.25, -0.2) is 4.90 Å². The summed E-state index contributed by atoms with van der Waals surface area (Å²) in [6, 6.07) is 23.3. The number of carbonyl (C=O) groups is 2. The number of hydrogen-bond donors (Lipinski definition) is 0. The first-order valence-corrected chi connectivity index (χ1v) is 11.2. The number of amides is 2. The number of rotatable bonds is 4. The fourth-order valence-corrected chi connectivity index (χ4v) is 4.11. The molecule has 0 saturated heterocycles. The molecule has 0 saturated carbocycles. The van der Waals surface area contributed by atoms with Crippen molar-refractivity contribution in [2.45, 2.75) is 40.0 Å². The van der Waals surface area contributed by atoms with Gasteiger partial charge in [-0.3, -0.25) is 9.59 Å². The predicted octanol–water partition coefficient (Wildman–Crippen LogP) is 6.02. The van der Waals surface area contributed by atoms with Crippen LogP contribution in [0.1, 0.15) is 43.0 Å². The molecule has 4 nitrogen and oxygen atoms in total. The summed E-state index contributed by atoms with van der Waals surface area (Å²) >= 11 is 0. The molecule has 0 spiro atoms. The molecule has 0 N–H and O–H groups in total. The number of benzene rings is 3. The van der Waals surface area contributed by atoms with E-state index in [-0.39, 0.29) is 17.2 Å². The Hall–Kier alpha value is -3.66. The lowest BCUT2D eigenvalue weighted by atomic mass is 9.87. The van der Waals surface area contributed by atoms with Gasteiger partial charge < -0.3 is 4.90 Å². The molecule has 1 heterocycles. The normalized spacial score (nSPS) is 14.3. The van der Waals surface area contributed by atoms with Crippen LogP contribution in [0.4, 0.5) is 11.4 Å². The van der Waals surface area contributed by atoms with E-state index in [1.165, 1.54) is 4.90 Å². The third-order valence-electron chi connectivity index (χ3n) is 6.33. The smallest absolute Gasteiger partial charge is 0.282 e. The van der Waals surface area contributed by atoms with Gasteiger partial charge in [0.2, 0.25) is 0 Å². The van der Waals surface area contributed by atoms with Gasteiger partial charge >= 0.3 is 0 Å². The molecule has 0 fully saturated rings. The Morgan fingerprint density at radius 2 is 1.39 bits per heavy atom. The Labute approximate surface area is 196 Å². The largest absolute Gasteiger partial charge is 0.339 e. The summed E-state index contributed by atoms with van der Waals surface area (Å²) in [5, 5.41) is 0. The number of aryl methyl sites for hydroxylation is 2. The van der Waals surface area contributed by atoms with E-state index in [0.29, 0.717) is 17.0 Å². The lowest BCUT2D eigenvalue weighted by Crippen LogP contribution is -2.34. The van der Waals surface area contributed by atoms with Gasteiger partial charge in [0.1, 0.15) is 5.70 Å². The molecule has 168 valence electrons. The van der Waals surface area contributed by atoms with Crippen LogP contribution in [-0.2, 0) is 15.0 Å². The summed E-state index contributed by atoms with van der Waals surface area (Å²) in [6.07, 6.45) is 0. The number of likely N-dealkylation sites (N-methyl/N-ethyl adjacent to an activating group) is 1. The zero-order chi connectivity index (χ0) is 23.9. The first kappa shape index (κ1) is 22.5. The summed E-state index contributed by atoms with van der Waals surface area (Å²) < 4.78 is 0. The summed E-state index contributed by atoms with van der Waals surface area (Å²) in [6.45, 7) is 10.5. The second-order valence-electron chi connectivity index (χ2n) is 9.66. The Balaban J connectivity index is 1.85. The third kappa shape index (κ3) is 4.09. The SMILES string of the molecule is Cc1ccc(C2=C(N(C)c3ccccc3)C(=O)N(c3ccc(C(C)(C)C)cc3)C2=O)cc1C.